The monoisotopic (exact) mass is 607 g/mol. The average molecular weight is 608 g/mol. The summed E-state index contributed by atoms with van der Waals surface area (Å²) in [7, 11) is 3.98. The number of aromatic nitrogens is 1. The van der Waals surface area contributed by atoms with E-state index in [1.54, 1.807) is 11.1 Å². The SMILES string of the molecule is CC1CCC(C(=O)N(c2cc(C3(C(F)(F)F)CC3)sc2C(=O)O)C2CCC(Oc3cc(CN(C)C)ccn3)CC2)CC1. The number of aromatic carboxylic acids is 1. The van der Waals surface area contributed by atoms with Gasteiger partial charge < -0.3 is 19.6 Å². The molecule has 1 N–H and O–H groups in total. The predicted molar refractivity (Wildman–Crippen MR) is 155 cm³/mol. The fourth-order valence-corrected chi connectivity index (χ4v) is 7.77. The minimum Gasteiger partial charge on any atom is -0.477 e. The number of nitrogens with zero attached hydrogens (tertiary/aromatic N) is 3. The smallest absolute Gasteiger partial charge is 0.399 e. The van der Waals surface area contributed by atoms with Gasteiger partial charge in [-0.1, -0.05) is 6.92 Å². The Hall–Kier alpha value is -2.66. The molecule has 1 amide bonds. The van der Waals surface area contributed by atoms with Crippen LogP contribution in [0.15, 0.2) is 24.4 Å². The Balaban J connectivity index is 1.39. The van der Waals surface area contributed by atoms with Crippen molar-refractivity contribution < 1.29 is 32.6 Å². The van der Waals surface area contributed by atoms with Gasteiger partial charge >= 0.3 is 12.1 Å². The van der Waals surface area contributed by atoms with E-state index in [0.29, 0.717) is 61.7 Å². The highest BCUT2D eigenvalue weighted by Gasteiger charge is 2.65. The third kappa shape index (κ3) is 6.46. The Labute approximate surface area is 249 Å². The van der Waals surface area contributed by atoms with E-state index < -0.39 is 17.6 Å². The van der Waals surface area contributed by atoms with E-state index in [1.807, 2.05) is 26.2 Å². The van der Waals surface area contributed by atoms with E-state index in [1.165, 1.54) is 6.07 Å². The second-order valence-electron chi connectivity index (χ2n) is 12.7. The summed E-state index contributed by atoms with van der Waals surface area (Å²) in [5.41, 5.74) is -0.794. The van der Waals surface area contributed by atoms with Gasteiger partial charge in [-0.2, -0.15) is 13.2 Å². The fourth-order valence-electron chi connectivity index (χ4n) is 6.51. The van der Waals surface area contributed by atoms with Crippen LogP contribution in [0.5, 0.6) is 5.88 Å². The molecule has 11 heteroatoms. The molecule has 2 aromatic heterocycles. The molecule has 0 unspecified atom stereocenters. The lowest BCUT2D eigenvalue weighted by Gasteiger charge is -2.39. The molecule has 230 valence electrons. The standard InChI is InChI=1S/C31H40F3N3O4S/c1-19-4-6-21(7-5-19)28(38)37(24-17-25(42-27(24)29(39)40)30(13-14-30)31(32,33)34)22-8-10-23(11-9-22)41-26-16-20(12-15-35-26)18-36(2)3/h12,15-17,19,21-23H,4-11,13-14,18H2,1-3H3,(H,39,40). The van der Waals surface area contributed by atoms with Gasteiger partial charge in [-0.15, -0.1) is 11.3 Å². The van der Waals surface area contributed by atoms with Crippen LogP contribution in [0, 0.1) is 11.8 Å². The normalized spacial score (nSPS) is 25.7. The molecule has 0 spiro atoms. The first-order valence-corrected chi connectivity index (χ1v) is 15.7. The summed E-state index contributed by atoms with van der Waals surface area (Å²) in [6.45, 7) is 2.91. The first-order chi connectivity index (χ1) is 19.9. The summed E-state index contributed by atoms with van der Waals surface area (Å²) in [4.78, 5) is 34.3. The van der Waals surface area contributed by atoms with E-state index in [0.717, 1.165) is 24.9 Å². The van der Waals surface area contributed by atoms with Crippen molar-refractivity contribution in [2.75, 3.05) is 19.0 Å². The molecular formula is C31H40F3N3O4S. The number of rotatable bonds is 9. The number of hydrogen-bond donors (Lipinski definition) is 1. The van der Waals surface area contributed by atoms with Crippen LogP contribution < -0.4 is 9.64 Å². The molecule has 0 aromatic carbocycles. The lowest BCUT2D eigenvalue weighted by molar-refractivity contribution is -0.159. The summed E-state index contributed by atoms with van der Waals surface area (Å²) in [5, 5.41) is 10.1. The topological polar surface area (TPSA) is 83.0 Å². The van der Waals surface area contributed by atoms with Gasteiger partial charge in [-0.05, 0) is 102 Å². The molecule has 3 aliphatic rings. The van der Waals surface area contributed by atoms with Gasteiger partial charge in [0.2, 0.25) is 11.8 Å². The van der Waals surface area contributed by atoms with E-state index in [2.05, 4.69) is 16.8 Å². The van der Waals surface area contributed by atoms with Gasteiger partial charge in [0.1, 0.15) is 16.4 Å². The number of thiophene rings is 1. The molecule has 5 rings (SSSR count). The van der Waals surface area contributed by atoms with Gasteiger partial charge in [0, 0.05) is 35.6 Å². The number of alkyl halides is 3. The van der Waals surface area contributed by atoms with Crippen LogP contribution in [0.1, 0.15) is 91.2 Å². The van der Waals surface area contributed by atoms with Gasteiger partial charge in [0.25, 0.3) is 0 Å². The molecule has 0 bridgehead atoms. The number of anilines is 1. The molecule has 2 aromatic rings. The lowest BCUT2D eigenvalue weighted by Crippen LogP contribution is -2.47. The number of halogens is 3. The third-order valence-corrected chi connectivity index (χ3v) is 10.4. The Morgan fingerprint density at radius 3 is 2.31 bits per heavy atom. The molecule has 3 saturated carbocycles. The number of carbonyl (C=O) groups is 2. The van der Waals surface area contributed by atoms with Gasteiger partial charge in [-0.25, -0.2) is 9.78 Å². The number of pyridine rings is 1. The van der Waals surface area contributed by atoms with Crippen LogP contribution in [-0.2, 0) is 16.8 Å². The molecule has 42 heavy (non-hydrogen) atoms. The van der Waals surface area contributed by atoms with Crippen molar-refractivity contribution in [3.8, 4) is 5.88 Å². The number of ether oxygens (including phenoxy) is 1. The summed E-state index contributed by atoms with van der Waals surface area (Å²) in [6, 6.07) is 4.91. The quantitative estimate of drug-likeness (QED) is 0.329. The van der Waals surface area contributed by atoms with Crippen molar-refractivity contribution in [1.82, 2.24) is 9.88 Å². The minimum absolute atomic E-state index is 0.00170. The lowest BCUT2D eigenvalue weighted by atomic mass is 9.81. The van der Waals surface area contributed by atoms with Gasteiger partial charge in [0.05, 0.1) is 5.69 Å². The molecule has 0 aliphatic heterocycles. The third-order valence-electron chi connectivity index (χ3n) is 9.13. The van der Waals surface area contributed by atoms with Gasteiger partial charge in [0.15, 0.2) is 0 Å². The van der Waals surface area contributed by atoms with Crippen molar-refractivity contribution in [3.05, 3.63) is 39.7 Å². The molecule has 7 nitrogen and oxygen atoms in total. The fraction of sp³-hybridized carbons (Fsp3) is 0.645. The van der Waals surface area contributed by atoms with Crippen LogP contribution in [0.2, 0.25) is 0 Å². The zero-order valence-electron chi connectivity index (χ0n) is 24.5. The molecular weight excluding hydrogens is 567 g/mol. The number of carbonyl (C=O) groups excluding carboxylic acids is 1. The zero-order chi connectivity index (χ0) is 30.2. The Morgan fingerprint density at radius 1 is 1.07 bits per heavy atom. The van der Waals surface area contributed by atoms with E-state index in [9.17, 15) is 27.9 Å². The number of carboxylic acids is 1. The Bertz CT molecular complexity index is 1280. The van der Waals surface area contributed by atoms with Crippen molar-refractivity contribution >= 4 is 28.9 Å². The summed E-state index contributed by atoms with van der Waals surface area (Å²) in [6.07, 6.45) is 2.61. The summed E-state index contributed by atoms with van der Waals surface area (Å²) >= 11 is 0.679. The van der Waals surface area contributed by atoms with Crippen molar-refractivity contribution in [2.45, 2.75) is 101 Å². The number of carboxylic acid groups (broad SMARTS) is 1. The largest absolute Gasteiger partial charge is 0.477 e. The minimum atomic E-state index is -4.47. The Kier molecular flexibility index (Phi) is 8.90. The molecule has 3 fully saturated rings. The predicted octanol–water partition coefficient (Wildman–Crippen LogP) is 7.05. The maximum atomic E-state index is 14.1. The van der Waals surface area contributed by atoms with Crippen molar-refractivity contribution in [2.24, 2.45) is 11.8 Å². The van der Waals surface area contributed by atoms with Crippen LogP contribution in [0.25, 0.3) is 0 Å². The molecule has 0 saturated heterocycles. The molecule has 2 heterocycles. The zero-order valence-corrected chi connectivity index (χ0v) is 25.3. The second-order valence-corrected chi connectivity index (χ2v) is 13.7. The first-order valence-electron chi connectivity index (χ1n) is 14.9. The maximum Gasteiger partial charge on any atom is 0.399 e. The Morgan fingerprint density at radius 2 is 1.74 bits per heavy atom. The van der Waals surface area contributed by atoms with Crippen LogP contribution >= 0.6 is 11.3 Å². The highest BCUT2D eigenvalue weighted by atomic mass is 32.1. The number of hydrogen-bond acceptors (Lipinski definition) is 6. The van der Waals surface area contributed by atoms with E-state index >= 15 is 0 Å². The van der Waals surface area contributed by atoms with Crippen LogP contribution in [0.3, 0.4) is 0 Å². The summed E-state index contributed by atoms with van der Waals surface area (Å²) in [5.74, 6) is -0.660. The van der Waals surface area contributed by atoms with E-state index in [-0.39, 0.29) is 52.3 Å². The van der Waals surface area contributed by atoms with Crippen LogP contribution in [-0.4, -0.2) is 59.3 Å². The van der Waals surface area contributed by atoms with Gasteiger partial charge in [-0.3, -0.25) is 4.79 Å². The molecule has 0 atom stereocenters. The average Bonchev–Trinajstić information content (AvgIpc) is 3.64. The molecule has 0 radical (unpaired) electrons. The van der Waals surface area contributed by atoms with Crippen molar-refractivity contribution in [1.29, 1.82) is 0 Å². The van der Waals surface area contributed by atoms with Crippen LogP contribution in [0.4, 0.5) is 18.9 Å². The maximum absolute atomic E-state index is 14.1. The molecule has 3 aliphatic carbocycles. The second kappa shape index (κ2) is 12.1. The van der Waals surface area contributed by atoms with Crippen molar-refractivity contribution in [3.63, 3.8) is 0 Å². The number of amides is 1. The highest BCUT2D eigenvalue weighted by Crippen LogP contribution is 2.61. The summed E-state index contributed by atoms with van der Waals surface area (Å²) < 4.78 is 48.3. The highest BCUT2D eigenvalue weighted by molar-refractivity contribution is 7.14. The van der Waals surface area contributed by atoms with E-state index in [4.69, 9.17) is 4.74 Å². The first kappa shape index (κ1) is 30.8.